The molecule has 0 N–H and O–H groups in total. The van der Waals surface area contributed by atoms with Gasteiger partial charge in [-0.25, -0.2) is 0 Å². The molecule has 0 unspecified atom stereocenters. The van der Waals surface area contributed by atoms with Crippen LogP contribution in [0.3, 0.4) is 0 Å². The Balaban J connectivity index is 2.61. The third-order valence-electron chi connectivity index (χ3n) is 1.92. The van der Waals surface area contributed by atoms with E-state index in [2.05, 4.69) is 0 Å². The number of carbonyl (C=O) groups is 2. The summed E-state index contributed by atoms with van der Waals surface area (Å²) < 4.78 is 12.3. The van der Waals surface area contributed by atoms with Crippen LogP contribution >= 0.6 is 34.9 Å². The molecule has 0 saturated heterocycles. The molecular weight excluding hydrogens is 292 g/mol. The maximum Gasteiger partial charge on any atom is 0.308 e. The van der Waals surface area contributed by atoms with Gasteiger partial charge < -0.3 is 9.47 Å². The van der Waals surface area contributed by atoms with Gasteiger partial charge in [0.2, 0.25) is 0 Å². The van der Waals surface area contributed by atoms with Crippen molar-refractivity contribution in [3.8, 4) is 11.5 Å². The zero-order valence-corrected chi connectivity index (χ0v) is 12.0. The second-order valence-corrected chi connectivity index (χ2v) is 6.59. The van der Waals surface area contributed by atoms with Gasteiger partial charge in [0.05, 0.1) is 9.40 Å². The topological polar surface area (TPSA) is 52.6 Å². The van der Waals surface area contributed by atoms with Crippen molar-refractivity contribution in [1.82, 2.24) is 0 Å². The lowest BCUT2D eigenvalue weighted by Crippen LogP contribution is -2.03. The van der Waals surface area contributed by atoms with E-state index >= 15 is 0 Å². The monoisotopic (exact) mass is 300 g/mol. The van der Waals surface area contributed by atoms with Crippen LogP contribution in [-0.2, 0) is 9.59 Å². The molecule has 1 aromatic heterocycles. The molecule has 0 atom stereocenters. The number of rotatable bonds is 2. The van der Waals surface area contributed by atoms with Crippen LogP contribution in [0.2, 0.25) is 0 Å². The van der Waals surface area contributed by atoms with Gasteiger partial charge in [-0.2, -0.15) is 0 Å². The predicted octanol–water partition coefficient (Wildman–Crippen LogP) is 3.54. The Hall–Kier alpha value is -1.31. The van der Waals surface area contributed by atoms with E-state index in [1.165, 1.54) is 36.5 Å². The SMILES string of the molecule is CC(=O)Oc1ccc(OC(C)=O)c2sc(=S)sc12. The molecule has 94 valence electrons. The van der Waals surface area contributed by atoms with E-state index in [1.807, 2.05) is 0 Å². The van der Waals surface area contributed by atoms with Crippen LogP contribution in [0, 0.1) is 3.14 Å². The second-order valence-electron chi connectivity index (χ2n) is 3.36. The van der Waals surface area contributed by atoms with Crippen LogP contribution in [0.4, 0.5) is 0 Å². The van der Waals surface area contributed by atoms with E-state index in [1.54, 1.807) is 12.1 Å². The van der Waals surface area contributed by atoms with Crippen molar-refractivity contribution in [3.05, 3.63) is 15.3 Å². The Morgan fingerprint density at radius 1 is 1.00 bits per heavy atom. The molecule has 2 aromatic rings. The van der Waals surface area contributed by atoms with Crippen LogP contribution < -0.4 is 9.47 Å². The van der Waals surface area contributed by atoms with Crippen molar-refractivity contribution >= 4 is 56.2 Å². The van der Waals surface area contributed by atoms with Crippen LogP contribution in [0.5, 0.6) is 11.5 Å². The Labute approximate surface area is 116 Å². The molecule has 0 radical (unpaired) electrons. The van der Waals surface area contributed by atoms with Crippen LogP contribution in [0.15, 0.2) is 12.1 Å². The van der Waals surface area contributed by atoms with Crippen molar-refractivity contribution < 1.29 is 19.1 Å². The lowest BCUT2D eigenvalue weighted by molar-refractivity contribution is -0.132. The van der Waals surface area contributed by atoms with Crippen molar-refractivity contribution in [2.24, 2.45) is 0 Å². The molecule has 0 saturated carbocycles. The van der Waals surface area contributed by atoms with Gasteiger partial charge in [-0.15, -0.1) is 22.7 Å². The summed E-state index contributed by atoms with van der Waals surface area (Å²) in [6.07, 6.45) is 0. The largest absolute Gasteiger partial charge is 0.425 e. The fourth-order valence-electron chi connectivity index (χ4n) is 1.38. The van der Waals surface area contributed by atoms with E-state index in [0.29, 0.717) is 14.6 Å². The standard InChI is InChI=1S/C11H8O4S3/c1-5(12)14-7-3-4-8(15-6(2)13)10-9(7)17-11(16)18-10/h3-4H,1-2H3. The summed E-state index contributed by atoms with van der Waals surface area (Å²) in [6.45, 7) is 2.66. The van der Waals surface area contributed by atoms with Gasteiger partial charge in [0, 0.05) is 13.8 Å². The number of hydrogen-bond donors (Lipinski definition) is 0. The first kappa shape index (κ1) is 13.1. The first-order valence-corrected chi connectivity index (χ1v) is 6.95. The van der Waals surface area contributed by atoms with Crippen molar-refractivity contribution in [3.63, 3.8) is 0 Å². The van der Waals surface area contributed by atoms with E-state index in [4.69, 9.17) is 21.7 Å². The maximum absolute atomic E-state index is 11.0. The Morgan fingerprint density at radius 2 is 1.39 bits per heavy atom. The van der Waals surface area contributed by atoms with E-state index in [9.17, 15) is 9.59 Å². The zero-order chi connectivity index (χ0) is 13.3. The lowest BCUT2D eigenvalue weighted by Gasteiger charge is -2.06. The summed E-state index contributed by atoms with van der Waals surface area (Å²) in [6, 6.07) is 3.19. The van der Waals surface area contributed by atoms with Gasteiger partial charge in [-0.1, -0.05) is 12.2 Å². The smallest absolute Gasteiger partial charge is 0.308 e. The summed E-state index contributed by atoms with van der Waals surface area (Å²) in [4.78, 5) is 22.0. The fourth-order valence-corrected chi connectivity index (χ4v) is 3.93. The predicted molar refractivity (Wildman–Crippen MR) is 73.2 cm³/mol. The molecular formula is C11H8O4S3. The summed E-state index contributed by atoms with van der Waals surface area (Å²) >= 11 is 7.77. The first-order chi connectivity index (χ1) is 8.47. The summed E-state index contributed by atoms with van der Waals surface area (Å²) in [7, 11) is 0. The molecule has 1 aromatic carbocycles. The molecule has 0 amide bonds. The third kappa shape index (κ3) is 2.74. The average Bonchev–Trinajstić information content (AvgIpc) is 2.63. The number of benzene rings is 1. The zero-order valence-electron chi connectivity index (χ0n) is 9.51. The molecule has 0 bridgehead atoms. The summed E-state index contributed by atoms with van der Waals surface area (Å²) in [5.74, 6) is 0.0678. The number of fused-ring (bicyclic) bond motifs is 1. The van der Waals surface area contributed by atoms with Gasteiger partial charge >= 0.3 is 11.9 Å². The molecule has 0 aliphatic heterocycles. The first-order valence-electron chi connectivity index (χ1n) is 4.91. The normalized spacial score (nSPS) is 10.3. The number of carbonyl (C=O) groups excluding carboxylic acids is 2. The third-order valence-corrected chi connectivity index (χ3v) is 4.60. The van der Waals surface area contributed by atoms with Crippen molar-refractivity contribution in [1.29, 1.82) is 0 Å². The van der Waals surface area contributed by atoms with Crippen LogP contribution in [0.1, 0.15) is 13.8 Å². The summed E-state index contributed by atoms with van der Waals surface area (Å²) in [5.41, 5.74) is 0. The minimum absolute atomic E-state index is 0.402. The highest BCUT2D eigenvalue weighted by atomic mass is 32.2. The highest BCUT2D eigenvalue weighted by Crippen LogP contribution is 2.41. The summed E-state index contributed by atoms with van der Waals surface area (Å²) in [5, 5.41) is 0. The minimum Gasteiger partial charge on any atom is -0.425 e. The van der Waals surface area contributed by atoms with Gasteiger partial charge in [0.1, 0.15) is 14.6 Å². The molecule has 18 heavy (non-hydrogen) atoms. The Bertz CT molecular complexity index is 627. The van der Waals surface area contributed by atoms with Crippen LogP contribution in [-0.4, -0.2) is 11.9 Å². The van der Waals surface area contributed by atoms with E-state index in [-0.39, 0.29) is 0 Å². The molecule has 0 aliphatic rings. The highest BCUT2D eigenvalue weighted by Gasteiger charge is 2.14. The van der Waals surface area contributed by atoms with Gasteiger partial charge in [-0.05, 0) is 12.1 Å². The highest BCUT2D eigenvalue weighted by molar-refractivity contribution is 7.77. The van der Waals surface area contributed by atoms with Crippen molar-refractivity contribution in [2.75, 3.05) is 0 Å². The van der Waals surface area contributed by atoms with Gasteiger partial charge in [-0.3, -0.25) is 9.59 Å². The maximum atomic E-state index is 11.0. The van der Waals surface area contributed by atoms with E-state index in [0.717, 1.165) is 9.40 Å². The van der Waals surface area contributed by atoms with Gasteiger partial charge in [0.25, 0.3) is 0 Å². The van der Waals surface area contributed by atoms with Crippen molar-refractivity contribution in [2.45, 2.75) is 13.8 Å². The Morgan fingerprint density at radius 3 is 1.72 bits per heavy atom. The number of ether oxygens (including phenoxy) is 2. The molecule has 0 fully saturated rings. The van der Waals surface area contributed by atoms with Gasteiger partial charge in [0.15, 0.2) is 0 Å². The second kappa shape index (κ2) is 5.13. The number of hydrogen-bond acceptors (Lipinski definition) is 7. The van der Waals surface area contributed by atoms with Crippen LogP contribution in [0.25, 0.3) is 9.40 Å². The molecule has 0 spiro atoms. The fraction of sp³-hybridized carbons (Fsp3) is 0.182. The Kier molecular flexibility index (Phi) is 3.74. The minimum atomic E-state index is -0.402. The molecule has 2 rings (SSSR count). The quantitative estimate of drug-likeness (QED) is 0.482. The number of esters is 2. The van der Waals surface area contributed by atoms with E-state index < -0.39 is 11.9 Å². The average molecular weight is 300 g/mol. The molecule has 0 aliphatic carbocycles. The molecule has 1 heterocycles. The molecule has 4 nitrogen and oxygen atoms in total. The lowest BCUT2D eigenvalue weighted by atomic mass is 10.3. The molecule has 7 heteroatoms.